The average Bonchev–Trinajstić information content (AvgIpc) is 2.73. The Morgan fingerprint density at radius 3 is 2.78 bits per heavy atom. The number of aliphatic carboxylic acids is 1. The van der Waals surface area contributed by atoms with E-state index in [1.54, 1.807) is 18.7 Å². The summed E-state index contributed by atoms with van der Waals surface area (Å²) in [6.45, 7) is 1.77. The average molecular weight is 272 g/mol. The van der Waals surface area contributed by atoms with E-state index in [4.69, 9.17) is 9.84 Å². The Kier molecular flexibility index (Phi) is 4.96. The first kappa shape index (κ1) is 14.2. The van der Waals surface area contributed by atoms with Gasteiger partial charge in [0.2, 0.25) is 0 Å². The minimum Gasteiger partial charge on any atom is -0.481 e. The predicted octanol–water partition coefficient (Wildman–Crippen LogP) is 3.32. The van der Waals surface area contributed by atoms with Crippen LogP contribution in [0.5, 0.6) is 0 Å². The van der Waals surface area contributed by atoms with Gasteiger partial charge in [-0.1, -0.05) is 26.2 Å². The minimum atomic E-state index is -0.696. The lowest BCUT2D eigenvalue weighted by molar-refractivity contribution is -0.140. The molecule has 1 saturated carbocycles. The lowest BCUT2D eigenvalue weighted by Gasteiger charge is -2.33. The Bertz CT molecular complexity index is 287. The molecule has 0 amide bonds. The molecular weight excluding hydrogens is 248 g/mol. The van der Waals surface area contributed by atoms with Gasteiger partial charge in [0.05, 0.1) is 17.6 Å². The molecule has 2 rings (SSSR count). The van der Waals surface area contributed by atoms with E-state index in [1.807, 2.05) is 0 Å². The van der Waals surface area contributed by atoms with Crippen molar-refractivity contribution in [3.05, 3.63) is 0 Å². The maximum atomic E-state index is 10.7. The number of carboxylic acid groups (broad SMARTS) is 1. The van der Waals surface area contributed by atoms with Crippen molar-refractivity contribution in [2.24, 2.45) is 5.92 Å². The van der Waals surface area contributed by atoms with E-state index in [0.717, 1.165) is 12.2 Å². The van der Waals surface area contributed by atoms with Gasteiger partial charge >= 0.3 is 5.97 Å². The summed E-state index contributed by atoms with van der Waals surface area (Å²) >= 11 is 1.73. The van der Waals surface area contributed by atoms with E-state index in [-0.39, 0.29) is 11.5 Å². The second kappa shape index (κ2) is 6.29. The van der Waals surface area contributed by atoms with Crippen molar-refractivity contribution < 1.29 is 14.6 Å². The van der Waals surface area contributed by atoms with Crippen LogP contribution in [0.25, 0.3) is 0 Å². The lowest BCUT2D eigenvalue weighted by Crippen LogP contribution is -2.32. The molecule has 2 fully saturated rings. The van der Waals surface area contributed by atoms with Gasteiger partial charge in [-0.3, -0.25) is 4.79 Å². The normalized spacial score (nSPS) is 28.4. The topological polar surface area (TPSA) is 46.5 Å². The van der Waals surface area contributed by atoms with Crippen LogP contribution >= 0.6 is 11.8 Å². The van der Waals surface area contributed by atoms with Crippen molar-refractivity contribution in [3.8, 4) is 0 Å². The molecule has 1 aliphatic heterocycles. The largest absolute Gasteiger partial charge is 0.481 e. The standard InChI is InChI=1S/C14H24O3S/c1-11(13(15)16)9-18-10-12-5-8-14(17-12)6-3-2-4-7-14/h11-12H,2-10H2,1H3,(H,15,16). The molecule has 4 heteroatoms. The molecule has 1 heterocycles. The van der Waals surface area contributed by atoms with Crippen LogP contribution < -0.4 is 0 Å². The quantitative estimate of drug-likeness (QED) is 0.834. The first-order valence-corrected chi connectivity index (χ1v) is 8.25. The highest BCUT2D eigenvalue weighted by atomic mass is 32.2. The number of carboxylic acids is 1. The molecule has 1 N–H and O–H groups in total. The molecule has 3 nitrogen and oxygen atoms in total. The fourth-order valence-corrected chi connectivity index (χ4v) is 4.15. The summed E-state index contributed by atoms with van der Waals surface area (Å²) in [7, 11) is 0. The Morgan fingerprint density at radius 2 is 2.11 bits per heavy atom. The van der Waals surface area contributed by atoms with Gasteiger partial charge < -0.3 is 9.84 Å². The SMILES string of the molecule is CC(CSCC1CCC2(CCCCC2)O1)C(=O)O. The number of ether oxygens (including phenoxy) is 1. The first-order chi connectivity index (χ1) is 8.61. The van der Waals surface area contributed by atoms with Crippen LogP contribution in [-0.4, -0.2) is 34.3 Å². The zero-order chi connectivity index (χ0) is 13.0. The summed E-state index contributed by atoms with van der Waals surface area (Å²) in [5.41, 5.74) is 0.196. The summed E-state index contributed by atoms with van der Waals surface area (Å²) in [6, 6.07) is 0. The molecule has 0 bridgehead atoms. The summed E-state index contributed by atoms with van der Waals surface area (Å²) in [4.78, 5) is 10.7. The molecule has 2 atom stereocenters. The molecule has 2 aliphatic rings. The fraction of sp³-hybridized carbons (Fsp3) is 0.929. The molecule has 0 aromatic heterocycles. The minimum absolute atomic E-state index is 0.196. The molecule has 0 radical (unpaired) electrons. The monoisotopic (exact) mass is 272 g/mol. The van der Waals surface area contributed by atoms with Gasteiger partial charge in [-0.2, -0.15) is 11.8 Å². The van der Waals surface area contributed by atoms with Gasteiger partial charge in [-0.05, 0) is 25.7 Å². The molecule has 104 valence electrons. The van der Waals surface area contributed by atoms with Crippen molar-refractivity contribution in [1.29, 1.82) is 0 Å². The molecule has 1 aliphatic carbocycles. The van der Waals surface area contributed by atoms with Crippen molar-refractivity contribution in [3.63, 3.8) is 0 Å². The molecule has 0 aromatic rings. The number of thioether (sulfide) groups is 1. The van der Waals surface area contributed by atoms with Crippen LogP contribution in [0, 0.1) is 5.92 Å². The third-order valence-corrected chi connectivity index (χ3v) is 5.54. The van der Waals surface area contributed by atoms with E-state index in [1.165, 1.54) is 38.5 Å². The van der Waals surface area contributed by atoms with E-state index in [2.05, 4.69) is 0 Å². The Morgan fingerprint density at radius 1 is 1.39 bits per heavy atom. The smallest absolute Gasteiger partial charge is 0.307 e. The highest BCUT2D eigenvalue weighted by molar-refractivity contribution is 7.99. The summed E-state index contributed by atoms with van der Waals surface area (Å²) in [5.74, 6) is 0.709. The van der Waals surface area contributed by atoms with Crippen molar-refractivity contribution in [2.45, 2.75) is 63.6 Å². The number of hydrogen-bond donors (Lipinski definition) is 1. The maximum Gasteiger partial charge on any atom is 0.307 e. The van der Waals surface area contributed by atoms with Crippen LogP contribution in [0.4, 0.5) is 0 Å². The number of rotatable bonds is 5. The Hall–Kier alpha value is -0.220. The molecule has 0 aromatic carbocycles. The summed E-state index contributed by atoms with van der Waals surface area (Å²) in [6.07, 6.45) is 9.20. The number of hydrogen-bond acceptors (Lipinski definition) is 3. The molecule has 1 saturated heterocycles. The third kappa shape index (κ3) is 3.64. The number of carbonyl (C=O) groups is 1. The van der Waals surface area contributed by atoms with Gasteiger partial charge in [-0.25, -0.2) is 0 Å². The van der Waals surface area contributed by atoms with Gasteiger partial charge in [0.15, 0.2) is 0 Å². The first-order valence-electron chi connectivity index (χ1n) is 7.10. The van der Waals surface area contributed by atoms with Crippen LogP contribution in [0.15, 0.2) is 0 Å². The Balaban J connectivity index is 1.68. The molecule has 18 heavy (non-hydrogen) atoms. The summed E-state index contributed by atoms with van der Waals surface area (Å²) < 4.78 is 6.26. The van der Waals surface area contributed by atoms with E-state index >= 15 is 0 Å². The van der Waals surface area contributed by atoms with E-state index in [9.17, 15) is 4.79 Å². The van der Waals surface area contributed by atoms with Crippen LogP contribution in [0.2, 0.25) is 0 Å². The van der Waals surface area contributed by atoms with E-state index in [0.29, 0.717) is 11.9 Å². The highest BCUT2D eigenvalue weighted by Crippen LogP contribution is 2.42. The van der Waals surface area contributed by atoms with Crippen LogP contribution in [-0.2, 0) is 9.53 Å². The van der Waals surface area contributed by atoms with Crippen molar-refractivity contribution in [2.75, 3.05) is 11.5 Å². The fourth-order valence-electron chi connectivity index (χ4n) is 3.02. The molecular formula is C14H24O3S. The second-order valence-corrected chi connectivity index (χ2v) is 6.87. The lowest BCUT2D eigenvalue weighted by atomic mass is 9.83. The molecule has 1 spiro atoms. The summed E-state index contributed by atoms with van der Waals surface area (Å²) in [5, 5.41) is 8.83. The van der Waals surface area contributed by atoms with Gasteiger partial charge in [-0.15, -0.1) is 0 Å². The van der Waals surface area contributed by atoms with Crippen LogP contribution in [0.1, 0.15) is 51.9 Å². The van der Waals surface area contributed by atoms with Gasteiger partial charge in [0.1, 0.15) is 0 Å². The van der Waals surface area contributed by atoms with Gasteiger partial charge in [0.25, 0.3) is 0 Å². The molecule has 2 unspecified atom stereocenters. The van der Waals surface area contributed by atoms with E-state index < -0.39 is 5.97 Å². The van der Waals surface area contributed by atoms with Crippen molar-refractivity contribution >= 4 is 17.7 Å². The predicted molar refractivity (Wildman–Crippen MR) is 74.0 cm³/mol. The second-order valence-electron chi connectivity index (χ2n) is 5.80. The third-order valence-electron chi connectivity index (χ3n) is 4.20. The zero-order valence-corrected chi connectivity index (χ0v) is 12.0. The zero-order valence-electron chi connectivity index (χ0n) is 11.2. The maximum absolute atomic E-state index is 10.7. The highest BCUT2D eigenvalue weighted by Gasteiger charge is 2.40. The van der Waals surface area contributed by atoms with Gasteiger partial charge in [0, 0.05) is 11.5 Å². The Labute approximate surface area is 114 Å². The van der Waals surface area contributed by atoms with Crippen molar-refractivity contribution in [1.82, 2.24) is 0 Å². The van der Waals surface area contributed by atoms with Crippen LogP contribution in [0.3, 0.4) is 0 Å².